The quantitative estimate of drug-likeness (QED) is 0.689. The topological polar surface area (TPSA) is 20.2 Å². The van der Waals surface area contributed by atoms with Crippen LogP contribution in [0.15, 0.2) is 0 Å². The second-order valence-corrected chi connectivity index (χ2v) is 4.08. The van der Waals surface area contributed by atoms with Crippen LogP contribution in [0.4, 0.5) is 22.0 Å². The Kier molecular flexibility index (Phi) is 2.79. The number of hydrogen-bond acceptors (Lipinski definition) is 1. The third kappa shape index (κ3) is 1.53. The van der Waals surface area contributed by atoms with Gasteiger partial charge in [-0.3, -0.25) is 0 Å². The fourth-order valence-electron chi connectivity index (χ4n) is 1.91. The summed E-state index contributed by atoms with van der Waals surface area (Å²) in [6.45, 7) is 2.05. The van der Waals surface area contributed by atoms with Gasteiger partial charge >= 0.3 is 11.8 Å². The zero-order chi connectivity index (χ0) is 12.1. The predicted molar refractivity (Wildman–Crippen MR) is 43.8 cm³/mol. The molecule has 0 heterocycles. The van der Waals surface area contributed by atoms with Crippen LogP contribution < -0.4 is 0 Å². The molecule has 1 aliphatic carbocycles. The highest BCUT2D eigenvalue weighted by molar-refractivity contribution is 5.08. The van der Waals surface area contributed by atoms with Crippen molar-refractivity contribution in [3.63, 3.8) is 0 Å². The van der Waals surface area contributed by atoms with E-state index in [1.165, 1.54) is 6.92 Å². The molecule has 1 nitrogen and oxygen atoms in total. The van der Waals surface area contributed by atoms with Crippen molar-refractivity contribution in [1.82, 2.24) is 0 Å². The zero-order valence-electron chi connectivity index (χ0n) is 8.41. The van der Waals surface area contributed by atoms with Crippen LogP contribution in [0.2, 0.25) is 0 Å². The fraction of sp³-hybridized carbons (Fsp3) is 1.00. The highest BCUT2D eigenvalue weighted by Crippen LogP contribution is 2.54. The van der Waals surface area contributed by atoms with Crippen LogP contribution in [0.25, 0.3) is 0 Å². The summed E-state index contributed by atoms with van der Waals surface area (Å²) in [4.78, 5) is 0. The van der Waals surface area contributed by atoms with Gasteiger partial charge in [-0.05, 0) is 6.42 Å². The largest absolute Gasteiger partial charge is 0.386 e. The summed E-state index contributed by atoms with van der Waals surface area (Å²) in [5.74, 6) is -11.2. The third-order valence-electron chi connectivity index (χ3n) is 3.30. The van der Waals surface area contributed by atoms with E-state index in [1.54, 1.807) is 0 Å². The van der Waals surface area contributed by atoms with Gasteiger partial charge in [-0.2, -0.15) is 17.6 Å². The van der Waals surface area contributed by atoms with Gasteiger partial charge in [0.25, 0.3) is 0 Å². The number of alkyl halides is 5. The van der Waals surface area contributed by atoms with Gasteiger partial charge in [0.1, 0.15) is 11.8 Å². The van der Waals surface area contributed by atoms with Crippen LogP contribution in [-0.4, -0.2) is 28.7 Å². The Labute approximate surface area is 84.3 Å². The molecule has 3 unspecified atom stereocenters. The first kappa shape index (κ1) is 12.7. The molecule has 0 spiro atoms. The molecule has 6 heteroatoms. The molecule has 15 heavy (non-hydrogen) atoms. The van der Waals surface area contributed by atoms with Gasteiger partial charge in [-0.15, -0.1) is 0 Å². The predicted octanol–water partition coefficient (Wildman–Crippen LogP) is 2.78. The Bertz CT molecular complexity index is 255. The Morgan fingerprint density at radius 2 is 1.60 bits per heavy atom. The van der Waals surface area contributed by atoms with Gasteiger partial charge in [0.15, 0.2) is 0 Å². The minimum Gasteiger partial charge on any atom is -0.386 e. The maximum Gasteiger partial charge on any atom is 0.335 e. The van der Waals surface area contributed by atoms with E-state index in [-0.39, 0.29) is 6.42 Å². The summed E-state index contributed by atoms with van der Waals surface area (Å²) in [5.41, 5.74) is -2.44. The van der Waals surface area contributed by atoms with Crippen molar-refractivity contribution in [3.05, 3.63) is 0 Å². The molecular formula is C9H13F5O. The van der Waals surface area contributed by atoms with E-state index in [2.05, 4.69) is 0 Å². The Morgan fingerprint density at radius 3 is 2.00 bits per heavy atom. The second-order valence-electron chi connectivity index (χ2n) is 4.08. The molecule has 3 atom stereocenters. The van der Waals surface area contributed by atoms with Gasteiger partial charge in [0.05, 0.1) is 5.92 Å². The molecule has 1 fully saturated rings. The highest BCUT2D eigenvalue weighted by atomic mass is 19.3. The van der Waals surface area contributed by atoms with Crippen molar-refractivity contribution in [3.8, 4) is 0 Å². The second kappa shape index (κ2) is 3.30. The first-order valence-electron chi connectivity index (χ1n) is 4.72. The first-order valence-corrected chi connectivity index (χ1v) is 4.72. The Balaban J connectivity index is 3.13. The Morgan fingerprint density at radius 1 is 1.13 bits per heavy atom. The maximum atomic E-state index is 13.8. The van der Waals surface area contributed by atoms with Gasteiger partial charge < -0.3 is 5.11 Å². The minimum absolute atomic E-state index is 0.323. The van der Waals surface area contributed by atoms with Gasteiger partial charge in [-0.25, -0.2) is 4.39 Å². The maximum absolute atomic E-state index is 13.8. The van der Waals surface area contributed by atoms with Crippen molar-refractivity contribution in [1.29, 1.82) is 0 Å². The number of aliphatic hydroxyl groups excluding tert-OH is 1. The molecule has 1 saturated carbocycles. The van der Waals surface area contributed by atoms with E-state index in [0.717, 1.165) is 6.92 Å². The van der Waals surface area contributed by atoms with E-state index in [0.29, 0.717) is 0 Å². The number of aliphatic hydroxyl groups is 1. The molecule has 0 radical (unpaired) electrons. The molecule has 0 aliphatic heterocycles. The average Bonchev–Trinajstić information content (AvgIpc) is 2.14. The van der Waals surface area contributed by atoms with Crippen LogP contribution in [-0.2, 0) is 0 Å². The molecule has 0 amide bonds. The van der Waals surface area contributed by atoms with E-state index in [4.69, 9.17) is 5.11 Å². The van der Waals surface area contributed by atoms with E-state index in [9.17, 15) is 22.0 Å². The summed E-state index contributed by atoms with van der Waals surface area (Å²) < 4.78 is 66.0. The van der Waals surface area contributed by atoms with E-state index >= 15 is 0 Å². The summed E-state index contributed by atoms with van der Waals surface area (Å²) in [6.07, 6.45) is -3.90. The van der Waals surface area contributed by atoms with Crippen LogP contribution in [0.5, 0.6) is 0 Å². The number of hydrogen-bond donors (Lipinski definition) is 1. The summed E-state index contributed by atoms with van der Waals surface area (Å²) >= 11 is 0. The molecular weight excluding hydrogens is 219 g/mol. The molecule has 0 bridgehead atoms. The van der Waals surface area contributed by atoms with Gasteiger partial charge in [-0.1, -0.05) is 13.8 Å². The lowest BCUT2D eigenvalue weighted by molar-refractivity contribution is -0.319. The van der Waals surface area contributed by atoms with Crippen molar-refractivity contribution >= 4 is 0 Å². The average molecular weight is 232 g/mol. The zero-order valence-corrected chi connectivity index (χ0v) is 8.41. The lowest BCUT2D eigenvalue weighted by Gasteiger charge is -2.46. The Hall–Kier alpha value is -0.390. The SMILES string of the molecule is CCC1(F)CC(O)C(F)(F)C(F)(F)C1C. The summed E-state index contributed by atoms with van der Waals surface area (Å²) in [7, 11) is 0. The van der Waals surface area contributed by atoms with Crippen molar-refractivity contribution in [2.45, 2.75) is 50.3 Å². The van der Waals surface area contributed by atoms with Crippen molar-refractivity contribution < 1.29 is 27.1 Å². The molecule has 1 aliphatic rings. The molecule has 0 aromatic rings. The van der Waals surface area contributed by atoms with Crippen LogP contribution >= 0.6 is 0 Å². The van der Waals surface area contributed by atoms with Crippen molar-refractivity contribution in [2.24, 2.45) is 5.92 Å². The first-order chi connectivity index (χ1) is 6.59. The van der Waals surface area contributed by atoms with Crippen molar-refractivity contribution in [2.75, 3.05) is 0 Å². The van der Waals surface area contributed by atoms with Crippen LogP contribution in [0, 0.1) is 5.92 Å². The molecule has 1 N–H and O–H groups in total. The monoisotopic (exact) mass is 232 g/mol. The van der Waals surface area contributed by atoms with Crippen LogP contribution in [0.3, 0.4) is 0 Å². The summed E-state index contributed by atoms with van der Waals surface area (Å²) in [5, 5.41) is 8.89. The minimum atomic E-state index is -4.56. The fourth-order valence-corrected chi connectivity index (χ4v) is 1.91. The normalized spacial score (nSPS) is 44.0. The van der Waals surface area contributed by atoms with E-state index < -0.39 is 36.0 Å². The van der Waals surface area contributed by atoms with Gasteiger partial charge in [0.2, 0.25) is 0 Å². The standard InChI is InChI=1S/C9H13F5O/c1-3-7(10)4-6(15)9(13,14)8(11,12)5(7)2/h5-6,15H,3-4H2,1-2H3. The molecule has 0 aromatic heterocycles. The molecule has 0 saturated heterocycles. The highest BCUT2D eigenvalue weighted by Gasteiger charge is 2.72. The smallest absolute Gasteiger partial charge is 0.335 e. The van der Waals surface area contributed by atoms with Crippen LogP contribution in [0.1, 0.15) is 26.7 Å². The lowest BCUT2D eigenvalue weighted by atomic mass is 9.70. The molecule has 90 valence electrons. The van der Waals surface area contributed by atoms with E-state index in [1.807, 2.05) is 0 Å². The molecule has 1 rings (SSSR count). The summed E-state index contributed by atoms with van der Waals surface area (Å²) in [6, 6.07) is 0. The lowest BCUT2D eigenvalue weighted by Crippen LogP contribution is -2.64. The van der Waals surface area contributed by atoms with Gasteiger partial charge in [0, 0.05) is 6.42 Å². The number of rotatable bonds is 1. The third-order valence-corrected chi connectivity index (χ3v) is 3.30. The number of halogens is 5. The molecule has 0 aromatic carbocycles.